The van der Waals surface area contributed by atoms with Crippen LogP contribution in [-0.2, 0) is 4.74 Å². The maximum Gasteiger partial charge on any atom is 0.414 e. The molecule has 7 heteroatoms. The Bertz CT molecular complexity index is 924. The van der Waals surface area contributed by atoms with Crippen molar-refractivity contribution in [2.24, 2.45) is 0 Å². The fourth-order valence-corrected chi connectivity index (χ4v) is 2.84. The van der Waals surface area contributed by atoms with E-state index < -0.39 is 11.9 Å². The molecule has 0 aliphatic carbocycles. The Hall–Kier alpha value is -2.96. The van der Waals surface area contributed by atoms with Gasteiger partial charge in [0.2, 0.25) is 0 Å². The summed E-state index contributed by atoms with van der Waals surface area (Å²) in [6.45, 7) is 2.40. The minimum Gasteiger partial charge on any atom is -0.444 e. The highest BCUT2D eigenvalue weighted by Gasteiger charge is 2.31. The number of pyridine rings is 1. The van der Waals surface area contributed by atoms with Crippen LogP contribution in [0.3, 0.4) is 0 Å². The van der Waals surface area contributed by atoms with Gasteiger partial charge < -0.3 is 4.74 Å². The lowest BCUT2D eigenvalue weighted by molar-refractivity contribution is 0.139. The number of benzene rings is 1. The molecule has 6 nitrogen and oxygen atoms in total. The Kier molecular flexibility index (Phi) is 3.41. The molecule has 0 radical (unpaired) electrons. The van der Waals surface area contributed by atoms with Crippen LogP contribution in [0.4, 0.5) is 14.9 Å². The van der Waals surface area contributed by atoms with E-state index >= 15 is 0 Å². The van der Waals surface area contributed by atoms with Gasteiger partial charge in [0.1, 0.15) is 18.2 Å². The van der Waals surface area contributed by atoms with Crippen LogP contribution in [0.2, 0.25) is 0 Å². The lowest BCUT2D eigenvalue weighted by Crippen LogP contribution is -2.24. The molecular formula is C17H15FN4O2. The molecule has 1 aliphatic rings. The lowest BCUT2D eigenvalue weighted by atomic mass is 10.1. The van der Waals surface area contributed by atoms with E-state index in [-0.39, 0.29) is 6.10 Å². The van der Waals surface area contributed by atoms with Gasteiger partial charge in [-0.25, -0.2) is 9.18 Å². The van der Waals surface area contributed by atoms with Gasteiger partial charge in [0.15, 0.2) is 5.65 Å². The molecule has 1 aromatic carbocycles. The Morgan fingerprint density at radius 3 is 2.96 bits per heavy atom. The van der Waals surface area contributed by atoms with E-state index in [2.05, 4.69) is 10.2 Å². The molecule has 2 aromatic heterocycles. The van der Waals surface area contributed by atoms with Crippen molar-refractivity contribution in [2.75, 3.05) is 11.4 Å². The number of aromatic nitrogens is 3. The second-order valence-electron chi connectivity index (χ2n) is 5.70. The van der Waals surface area contributed by atoms with E-state index in [4.69, 9.17) is 4.74 Å². The molecule has 122 valence electrons. The van der Waals surface area contributed by atoms with Gasteiger partial charge in [0.05, 0.1) is 12.2 Å². The normalized spacial score (nSPS) is 17.5. The summed E-state index contributed by atoms with van der Waals surface area (Å²) in [7, 11) is 0. The molecule has 0 N–H and O–H groups in total. The summed E-state index contributed by atoms with van der Waals surface area (Å²) in [5.74, 6) is -0.396. The van der Waals surface area contributed by atoms with Gasteiger partial charge in [-0.2, -0.15) is 0 Å². The highest BCUT2D eigenvalue weighted by molar-refractivity contribution is 5.90. The van der Waals surface area contributed by atoms with Crippen molar-refractivity contribution in [1.29, 1.82) is 0 Å². The quantitative estimate of drug-likeness (QED) is 0.741. The minimum atomic E-state index is -0.431. The standard InChI is InChI=1S/C17H15FN4O2/c1-2-13-9-22(17(23)24-13)12-4-5-14(15(18)7-12)11-3-6-16-20-19-10-21(16)8-11/h3-8,10,13H,2,9H2,1H3/t13-/m0/s1. The second kappa shape index (κ2) is 5.59. The van der Waals surface area contributed by atoms with Gasteiger partial charge in [-0.1, -0.05) is 6.92 Å². The van der Waals surface area contributed by atoms with E-state index in [1.54, 1.807) is 41.2 Å². The minimum absolute atomic E-state index is 0.142. The van der Waals surface area contributed by atoms with Gasteiger partial charge in [0.25, 0.3) is 0 Å². The smallest absolute Gasteiger partial charge is 0.414 e. The van der Waals surface area contributed by atoms with E-state index in [0.29, 0.717) is 29.0 Å². The van der Waals surface area contributed by atoms with Gasteiger partial charge >= 0.3 is 6.09 Å². The average Bonchev–Trinajstić information content (AvgIpc) is 3.20. The third-order valence-electron chi connectivity index (χ3n) is 4.20. The van der Waals surface area contributed by atoms with E-state index in [1.807, 2.05) is 6.92 Å². The van der Waals surface area contributed by atoms with Crippen LogP contribution < -0.4 is 4.90 Å². The highest BCUT2D eigenvalue weighted by atomic mass is 19.1. The number of carbonyl (C=O) groups excluding carboxylic acids is 1. The first-order valence-electron chi connectivity index (χ1n) is 7.73. The molecule has 0 unspecified atom stereocenters. The predicted octanol–water partition coefficient (Wildman–Crippen LogP) is 3.27. The number of hydrogen-bond acceptors (Lipinski definition) is 4. The van der Waals surface area contributed by atoms with Crippen LogP contribution in [0.25, 0.3) is 16.8 Å². The molecule has 1 amide bonds. The third kappa shape index (κ3) is 2.38. The molecule has 3 aromatic rings. The summed E-state index contributed by atoms with van der Waals surface area (Å²) in [5, 5.41) is 7.74. The first-order chi connectivity index (χ1) is 11.7. The molecule has 1 aliphatic heterocycles. The second-order valence-corrected chi connectivity index (χ2v) is 5.70. The zero-order valence-electron chi connectivity index (χ0n) is 13.0. The molecule has 24 heavy (non-hydrogen) atoms. The number of ether oxygens (including phenoxy) is 1. The fraction of sp³-hybridized carbons (Fsp3) is 0.235. The molecule has 0 bridgehead atoms. The molecule has 1 fully saturated rings. The van der Waals surface area contributed by atoms with Gasteiger partial charge in [-0.15, -0.1) is 10.2 Å². The summed E-state index contributed by atoms with van der Waals surface area (Å²) in [6.07, 6.45) is 3.50. The molecule has 0 saturated carbocycles. The average molecular weight is 326 g/mol. The maximum absolute atomic E-state index is 14.6. The van der Waals surface area contributed by atoms with Crippen molar-refractivity contribution in [2.45, 2.75) is 19.4 Å². The van der Waals surface area contributed by atoms with Gasteiger partial charge in [0, 0.05) is 17.3 Å². The van der Waals surface area contributed by atoms with Crippen LogP contribution in [0, 0.1) is 5.82 Å². The van der Waals surface area contributed by atoms with E-state index in [1.165, 1.54) is 11.0 Å². The number of hydrogen-bond donors (Lipinski definition) is 0. The first kappa shape index (κ1) is 14.6. The van der Waals surface area contributed by atoms with Crippen LogP contribution in [0.5, 0.6) is 0 Å². The maximum atomic E-state index is 14.6. The van der Waals surface area contributed by atoms with Crippen molar-refractivity contribution >= 4 is 17.4 Å². The number of halogens is 1. The predicted molar refractivity (Wildman–Crippen MR) is 86.3 cm³/mol. The molecule has 1 atom stereocenters. The number of nitrogens with zero attached hydrogens (tertiary/aromatic N) is 4. The number of rotatable bonds is 3. The van der Waals surface area contributed by atoms with Crippen molar-refractivity contribution < 1.29 is 13.9 Å². The Morgan fingerprint density at radius 2 is 2.21 bits per heavy atom. The number of fused-ring (bicyclic) bond motifs is 1. The number of anilines is 1. The SMILES string of the molecule is CC[C@H]1CN(c2ccc(-c3ccc4nncn4c3)c(F)c2)C(=O)O1. The summed E-state index contributed by atoms with van der Waals surface area (Å²) in [4.78, 5) is 13.4. The van der Waals surface area contributed by atoms with Crippen LogP contribution in [0.1, 0.15) is 13.3 Å². The van der Waals surface area contributed by atoms with Crippen molar-refractivity contribution in [3.8, 4) is 11.1 Å². The fourth-order valence-electron chi connectivity index (χ4n) is 2.84. The van der Waals surface area contributed by atoms with E-state index in [0.717, 1.165) is 6.42 Å². The zero-order valence-corrected chi connectivity index (χ0v) is 13.0. The van der Waals surface area contributed by atoms with Gasteiger partial charge in [-0.3, -0.25) is 9.30 Å². The molecule has 4 rings (SSSR count). The molecule has 0 spiro atoms. The van der Waals surface area contributed by atoms with E-state index in [9.17, 15) is 9.18 Å². The number of carbonyl (C=O) groups is 1. The topological polar surface area (TPSA) is 59.7 Å². The largest absolute Gasteiger partial charge is 0.444 e. The Balaban J connectivity index is 1.68. The number of amides is 1. The van der Waals surface area contributed by atoms with Crippen LogP contribution >= 0.6 is 0 Å². The Morgan fingerprint density at radius 1 is 1.33 bits per heavy atom. The summed E-state index contributed by atoms with van der Waals surface area (Å²) in [6, 6.07) is 8.33. The number of cyclic esters (lactones) is 1. The summed E-state index contributed by atoms with van der Waals surface area (Å²) in [5.41, 5.74) is 2.36. The monoisotopic (exact) mass is 326 g/mol. The molecule has 3 heterocycles. The van der Waals surface area contributed by atoms with Gasteiger partial charge in [-0.05, 0) is 36.8 Å². The van der Waals surface area contributed by atoms with Crippen molar-refractivity contribution in [3.05, 3.63) is 48.7 Å². The van der Waals surface area contributed by atoms with Crippen molar-refractivity contribution in [1.82, 2.24) is 14.6 Å². The highest BCUT2D eigenvalue weighted by Crippen LogP contribution is 2.29. The van der Waals surface area contributed by atoms with Crippen molar-refractivity contribution in [3.63, 3.8) is 0 Å². The third-order valence-corrected chi connectivity index (χ3v) is 4.20. The lowest BCUT2D eigenvalue weighted by Gasteiger charge is -2.14. The van der Waals surface area contributed by atoms with Crippen LogP contribution in [0.15, 0.2) is 42.9 Å². The summed E-state index contributed by atoms with van der Waals surface area (Å²) >= 11 is 0. The molecular weight excluding hydrogens is 311 g/mol. The molecule has 1 saturated heterocycles. The first-order valence-corrected chi connectivity index (χ1v) is 7.73. The zero-order chi connectivity index (χ0) is 16.7. The van der Waals surface area contributed by atoms with Crippen LogP contribution in [-0.4, -0.2) is 33.3 Å². The summed E-state index contributed by atoms with van der Waals surface area (Å²) < 4.78 is 21.5. The Labute approximate surface area is 137 Å².